The Kier molecular flexibility index (Phi) is 5.39. The lowest BCUT2D eigenvalue weighted by atomic mass is 10.1. The molecular formula is C20H19N3O5. The number of aromatic nitrogens is 2. The number of carboxylic acid groups (broad SMARTS) is 1. The molecule has 2 N–H and O–H groups in total. The van der Waals surface area contributed by atoms with Crippen LogP contribution in [0.2, 0.25) is 0 Å². The molecule has 1 atom stereocenters. The predicted molar refractivity (Wildman–Crippen MR) is 103 cm³/mol. The zero-order chi connectivity index (χ0) is 20.3. The Morgan fingerprint density at radius 3 is 2.36 bits per heavy atom. The number of para-hydroxylation sites is 1. The highest BCUT2D eigenvalue weighted by molar-refractivity contribution is 5.84. The van der Waals surface area contributed by atoms with E-state index in [2.05, 4.69) is 5.32 Å². The van der Waals surface area contributed by atoms with Gasteiger partial charge in [0.2, 0.25) is 5.91 Å². The van der Waals surface area contributed by atoms with Crippen LogP contribution in [0.1, 0.15) is 5.56 Å². The number of hydrogen-bond acceptors (Lipinski definition) is 4. The van der Waals surface area contributed by atoms with Gasteiger partial charge in [0.1, 0.15) is 12.6 Å². The van der Waals surface area contributed by atoms with Gasteiger partial charge in [0.05, 0.1) is 10.9 Å². The minimum atomic E-state index is -1.20. The fourth-order valence-electron chi connectivity index (χ4n) is 3.04. The second kappa shape index (κ2) is 7.91. The molecule has 0 aliphatic heterocycles. The van der Waals surface area contributed by atoms with Gasteiger partial charge in [-0.25, -0.2) is 9.59 Å². The highest BCUT2D eigenvalue weighted by Gasteiger charge is 2.22. The van der Waals surface area contributed by atoms with Gasteiger partial charge in [-0.15, -0.1) is 0 Å². The first-order chi connectivity index (χ1) is 13.4. The van der Waals surface area contributed by atoms with E-state index >= 15 is 0 Å². The molecule has 0 saturated carbocycles. The molecule has 1 aromatic heterocycles. The Bertz CT molecular complexity index is 1150. The number of aryl methyl sites for hydroxylation is 1. The molecule has 144 valence electrons. The normalized spacial score (nSPS) is 11.9. The van der Waals surface area contributed by atoms with E-state index in [1.807, 2.05) is 0 Å². The SMILES string of the molecule is Cn1c(=O)n(CC(=O)N[C@@H](Cc2ccccc2)C(=O)O)c(=O)c2ccccc21. The van der Waals surface area contributed by atoms with Crippen LogP contribution in [0.5, 0.6) is 0 Å². The Hall–Kier alpha value is -3.68. The lowest BCUT2D eigenvalue weighted by molar-refractivity contribution is -0.141. The molecule has 28 heavy (non-hydrogen) atoms. The fourth-order valence-corrected chi connectivity index (χ4v) is 3.04. The molecule has 0 spiro atoms. The highest BCUT2D eigenvalue weighted by Crippen LogP contribution is 2.06. The molecule has 0 bridgehead atoms. The van der Waals surface area contributed by atoms with Gasteiger partial charge in [0.15, 0.2) is 0 Å². The van der Waals surface area contributed by atoms with Crippen LogP contribution in [-0.2, 0) is 29.6 Å². The van der Waals surface area contributed by atoms with Gasteiger partial charge in [0, 0.05) is 13.5 Å². The molecule has 3 aromatic rings. The summed E-state index contributed by atoms with van der Waals surface area (Å²) in [6, 6.07) is 14.3. The molecule has 1 heterocycles. The second-order valence-electron chi connectivity index (χ2n) is 6.40. The summed E-state index contributed by atoms with van der Waals surface area (Å²) < 4.78 is 2.09. The summed E-state index contributed by atoms with van der Waals surface area (Å²) in [6.07, 6.45) is 0.0898. The lowest BCUT2D eigenvalue weighted by Crippen LogP contribution is -2.47. The summed E-state index contributed by atoms with van der Waals surface area (Å²) in [6.45, 7) is -0.561. The van der Waals surface area contributed by atoms with Gasteiger partial charge in [-0.1, -0.05) is 42.5 Å². The number of carboxylic acids is 1. The number of carbonyl (C=O) groups excluding carboxylic acids is 1. The third-order valence-corrected chi connectivity index (χ3v) is 4.48. The zero-order valence-electron chi connectivity index (χ0n) is 15.2. The zero-order valence-corrected chi connectivity index (χ0v) is 15.2. The number of carbonyl (C=O) groups is 2. The van der Waals surface area contributed by atoms with Crippen molar-refractivity contribution in [3.63, 3.8) is 0 Å². The number of nitrogens with zero attached hydrogens (tertiary/aromatic N) is 2. The average Bonchev–Trinajstić information content (AvgIpc) is 2.69. The fraction of sp³-hybridized carbons (Fsp3) is 0.200. The standard InChI is InChI=1S/C20H19N3O5/c1-22-16-10-6-5-9-14(16)18(25)23(20(22)28)12-17(24)21-15(19(26)27)11-13-7-3-2-4-8-13/h2-10,15H,11-12H2,1H3,(H,21,24)(H,26,27)/t15-/m0/s1. The number of hydrogen-bond donors (Lipinski definition) is 2. The summed E-state index contributed by atoms with van der Waals surface area (Å²) in [5, 5.41) is 12.1. The van der Waals surface area contributed by atoms with E-state index in [1.165, 1.54) is 11.6 Å². The highest BCUT2D eigenvalue weighted by atomic mass is 16.4. The Morgan fingerprint density at radius 2 is 1.68 bits per heavy atom. The van der Waals surface area contributed by atoms with E-state index in [-0.39, 0.29) is 6.42 Å². The van der Waals surface area contributed by atoms with Crippen molar-refractivity contribution >= 4 is 22.8 Å². The molecule has 2 aromatic carbocycles. The number of benzene rings is 2. The summed E-state index contributed by atoms with van der Waals surface area (Å²) >= 11 is 0. The monoisotopic (exact) mass is 381 g/mol. The van der Waals surface area contributed by atoms with E-state index in [9.17, 15) is 24.3 Å². The van der Waals surface area contributed by atoms with E-state index in [4.69, 9.17) is 0 Å². The minimum absolute atomic E-state index is 0.0898. The largest absolute Gasteiger partial charge is 0.480 e. The van der Waals surface area contributed by atoms with Crippen molar-refractivity contribution in [2.45, 2.75) is 19.0 Å². The van der Waals surface area contributed by atoms with Crippen molar-refractivity contribution in [3.05, 3.63) is 81.0 Å². The number of nitrogens with one attached hydrogen (secondary N) is 1. The van der Waals surface area contributed by atoms with E-state index in [0.717, 1.165) is 10.1 Å². The van der Waals surface area contributed by atoms with Gasteiger partial charge in [-0.3, -0.25) is 18.7 Å². The number of fused-ring (bicyclic) bond motifs is 1. The first-order valence-electron chi connectivity index (χ1n) is 8.63. The van der Waals surface area contributed by atoms with Gasteiger partial charge in [-0.2, -0.15) is 0 Å². The maximum Gasteiger partial charge on any atom is 0.331 e. The van der Waals surface area contributed by atoms with Crippen LogP contribution in [0.15, 0.2) is 64.2 Å². The molecule has 0 saturated heterocycles. The third-order valence-electron chi connectivity index (χ3n) is 4.48. The molecule has 0 aliphatic carbocycles. The molecule has 0 unspecified atom stereocenters. The molecule has 0 fully saturated rings. The van der Waals surface area contributed by atoms with Crippen LogP contribution >= 0.6 is 0 Å². The summed E-state index contributed by atoms with van der Waals surface area (Å²) in [7, 11) is 1.51. The van der Waals surface area contributed by atoms with E-state index < -0.39 is 35.7 Å². The van der Waals surface area contributed by atoms with Crippen LogP contribution in [0, 0.1) is 0 Å². The molecule has 0 radical (unpaired) electrons. The average molecular weight is 381 g/mol. The van der Waals surface area contributed by atoms with Crippen molar-refractivity contribution in [3.8, 4) is 0 Å². The molecular weight excluding hydrogens is 362 g/mol. The van der Waals surface area contributed by atoms with E-state index in [0.29, 0.717) is 10.9 Å². The van der Waals surface area contributed by atoms with Crippen LogP contribution in [-0.4, -0.2) is 32.2 Å². The van der Waals surface area contributed by atoms with Crippen molar-refractivity contribution < 1.29 is 14.7 Å². The number of rotatable bonds is 6. The van der Waals surface area contributed by atoms with Crippen molar-refractivity contribution in [1.82, 2.24) is 14.5 Å². The van der Waals surface area contributed by atoms with Gasteiger partial charge in [0.25, 0.3) is 5.56 Å². The summed E-state index contributed by atoms with van der Waals surface area (Å²) in [5.41, 5.74) is -0.0341. The van der Waals surface area contributed by atoms with Gasteiger partial charge < -0.3 is 10.4 Å². The van der Waals surface area contributed by atoms with Gasteiger partial charge >= 0.3 is 11.7 Å². The molecule has 1 amide bonds. The maximum absolute atomic E-state index is 12.6. The topological polar surface area (TPSA) is 110 Å². The second-order valence-corrected chi connectivity index (χ2v) is 6.40. The quantitative estimate of drug-likeness (QED) is 0.647. The minimum Gasteiger partial charge on any atom is -0.480 e. The Balaban J connectivity index is 1.85. The number of amides is 1. The predicted octanol–water partition coefficient (Wildman–Crippen LogP) is 0.512. The Morgan fingerprint density at radius 1 is 1.04 bits per heavy atom. The molecule has 8 nitrogen and oxygen atoms in total. The van der Waals surface area contributed by atoms with Crippen molar-refractivity contribution in [2.75, 3.05) is 0 Å². The molecule has 3 rings (SSSR count). The van der Waals surface area contributed by atoms with Crippen LogP contribution in [0.25, 0.3) is 10.9 Å². The first kappa shape index (κ1) is 19.1. The van der Waals surface area contributed by atoms with Gasteiger partial charge in [-0.05, 0) is 17.7 Å². The van der Waals surface area contributed by atoms with Crippen LogP contribution in [0.3, 0.4) is 0 Å². The lowest BCUT2D eigenvalue weighted by Gasteiger charge is -2.16. The van der Waals surface area contributed by atoms with Crippen molar-refractivity contribution in [2.24, 2.45) is 7.05 Å². The van der Waals surface area contributed by atoms with Crippen LogP contribution < -0.4 is 16.6 Å². The third kappa shape index (κ3) is 3.85. The Labute approximate surface area is 159 Å². The maximum atomic E-state index is 12.6. The van der Waals surface area contributed by atoms with Crippen LogP contribution in [0.4, 0.5) is 0 Å². The van der Waals surface area contributed by atoms with Crippen molar-refractivity contribution in [1.29, 1.82) is 0 Å². The summed E-state index contributed by atoms with van der Waals surface area (Å²) in [5.74, 6) is -1.92. The summed E-state index contributed by atoms with van der Waals surface area (Å²) in [4.78, 5) is 49.0. The first-order valence-corrected chi connectivity index (χ1v) is 8.63. The molecule has 0 aliphatic rings. The molecule has 8 heteroatoms. The number of aliphatic carboxylic acids is 1. The smallest absolute Gasteiger partial charge is 0.331 e. The van der Waals surface area contributed by atoms with E-state index in [1.54, 1.807) is 54.6 Å².